The van der Waals surface area contributed by atoms with E-state index >= 15 is 0 Å². The Bertz CT molecular complexity index is 2830. The van der Waals surface area contributed by atoms with Crippen LogP contribution in [0.5, 0.6) is 0 Å². The molecule has 0 aliphatic heterocycles. The maximum Gasteiger partial charge on any atom is 0.0246 e. The number of hydrogen-bond acceptors (Lipinski definition) is 5. The lowest BCUT2D eigenvalue weighted by Gasteiger charge is -2.25. The van der Waals surface area contributed by atoms with Crippen molar-refractivity contribution in [2.75, 3.05) is 0 Å². The second-order valence-electron chi connectivity index (χ2n) is 31.9. The van der Waals surface area contributed by atoms with E-state index in [4.69, 9.17) is 0 Å². The van der Waals surface area contributed by atoms with Crippen molar-refractivity contribution in [1.82, 2.24) is 0 Å². The van der Waals surface area contributed by atoms with Crippen LogP contribution in [0.3, 0.4) is 0 Å². The number of unbranched alkanes of at least 4 members (excludes halogenated alkanes) is 15. The van der Waals surface area contributed by atoms with Crippen molar-refractivity contribution in [3.63, 3.8) is 0 Å². The lowest BCUT2D eigenvalue weighted by molar-refractivity contribution is 0.294. The van der Waals surface area contributed by atoms with Crippen LogP contribution in [0.4, 0.5) is 23.5 Å². The molecule has 0 heterocycles. The molecule has 610 valence electrons. The SMILES string of the molecule is CCCCCCC1CCC(C#Cc2ccc(S)cc2)CC1.CCCCCCC1CCC(C#Cc2ccc(S)cc2)CC1.CCCCCCC1CCC(C#Cc2ccc(S)cc2)CC1.CCCCCCC1CCC(C#Cc2ccc(S)cc2)CC1.CCCCCCC1CCC(C#Cc2ccc(S)cc2)CC1.F.F.F.F.F. The number of thiol groups is 5. The second-order valence-corrected chi connectivity index (χ2v) is 34.5. The molecule has 0 aromatic heterocycles. The van der Waals surface area contributed by atoms with Crippen LogP contribution in [0.2, 0.25) is 0 Å². The number of benzene rings is 5. The van der Waals surface area contributed by atoms with Gasteiger partial charge in [0, 0.05) is 81.9 Å². The quantitative estimate of drug-likeness (QED) is 0.0164. The largest absolute Gasteiger partial charge is 0.269 e. The normalized spacial score (nSPS) is 20.6. The van der Waals surface area contributed by atoms with Crippen molar-refractivity contribution in [2.24, 2.45) is 59.2 Å². The van der Waals surface area contributed by atoms with Gasteiger partial charge in [-0.05, 0) is 279 Å². The summed E-state index contributed by atoms with van der Waals surface area (Å²) < 4.78 is 0. The lowest BCUT2D eigenvalue weighted by Crippen LogP contribution is -2.13. The van der Waals surface area contributed by atoms with E-state index in [0.717, 1.165) is 81.9 Å². The topological polar surface area (TPSA) is 0 Å². The van der Waals surface area contributed by atoms with E-state index in [9.17, 15) is 0 Å². The first kappa shape index (κ1) is 103. The molecule has 0 saturated heterocycles. The summed E-state index contributed by atoms with van der Waals surface area (Å²) in [7, 11) is 0. The van der Waals surface area contributed by atoms with Crippen molar-refractivity contribution in [1.29, 1.82) is 0 Å². The van der Waals surface area contributed by atoms with Crippen LogP contribution < -0.4 is 0 Å². The Balaban J connectivity index is 0.000000680. The Labute approximate surface area is 697 Å². The molecule has 5 aliphatic rings. The Kier molecular flexibility index (Phi) is 61.6. The van der Waals surface area contributed by atoms with Crippen LogP contribution in [0.25, 0.3) is 0 Å². The molecule has 0 unspecified atom stereocenters. The zero-order chi connectivity index (χ0) is 74.6. The molecule has 10 rings (SSSR count). The average molecular weight is 1600 g/mol. The second kappa shape index (κ2) is 65.6. The van der Waals surface area contributed by atoms with Crippen LogP contribution in [0.15, 0.2) is 146 Å². The smallest absolute Gasteiger partial charge is 0.0246 e. The van der Waals surface area contributed by atoms with E-state index in [1.54, 1.807) is 0 Å². The van der Waals surface area contributed by atoms with Crippen LogP contribution in [-0.4, -0.2) is 0 Å². The summed E-state index contributed by atoms with van der Waals surface area (Å²) in [5.74, 6) is 42.0. The van der Waals surface area contributed by atoms with E-state index in [1.807, 2.05) is 60.7 Å². The molecule has 5 aromatic rings. The Morgan fingerprint density at radius 1 is 0.200 bits per heavy atom. The van der Waals surface area contributed by atoms with E-state index in [1.165, 1.54) is 289 Å². The van der Waals surface area contributed by atoms with Gasteiger partial charge in [-0.1, -0.05) is 254 Å². The third kappa shape index (κ3) is 47.9. The minimum atomic E-state index is 0. The first-order chi connectivity index (χ1) is 51.4. The third-order valence-corrected chi connectivity index (χ3v) is 24.5. The van der Waals surface area contributed by atoms with Gasteiger partial charge in [-0.25, -0.2) is 0 Å². The highest BCUT2D eigenvalue weighted by Crippen LogP contribution is 2.37. The fourth-order valence-electron chi connectivity index (χ4n) is 15.9. The lowest BCUT2D eigenvalue weighted by atomic mass is 9.80. The number of halogens is 5. The molecule has 5 aromatic carbocycles. The predicted octanol–water partition coefficient (Wildman–Crippen LogP) is 31.3. The van der Waals surface area contributed by atoms with Crippen LogP contribution in [-0.2, 0) is 0 Å². The Hall–Kier alpha value is -4.70. The summed E-state index contributed by atoms with van der Waals surface area (Å²) in [6.45, 7) is 11.4. The minimum Gasteiger partial charge on any atom is -0.269 e. The van der Waals surface area contributed by atoms with E-state index in [-0.39, 0.29) is 23.5 Å². The van der Waals surface area contributed by atoms with E-state index in [0.29, 0.717) is 29.6 Å². The van der Waals surface area contributed by atoms with E-state index < -0.39 is 0 Å². The maximum atomic E-state index is 4.30. The standard InChI is InChI=1S/5C20H28S.5FH/c5*1-2-3-4-5-6-17-7-9-18(10-8-17)11-12-19-13-15-20(21)16-14-19;;;;;/h5*13-18,21H,2-10H2,1H3;5*1H. The summed E-state index contributed by atoms with van der Waals surface area (Å²) >= 11 is 21.5. The molecular weight excluding hydrogens is 1460 g/mol. The van der Waals surface area contributed by atoms with E-state index in [2.05, 4.69) is 218 Å². The summed E-state index contributed by atoms with van der Waals surface area (Å²) in [5.41, 5.74) is 5.60. The zero-order valence-electron chi connectivity index (χ0n) is 68.4. The fraction of sp³-hybridized carbons (Fsp3) is 0.600. The zero-order valence-corrected chi connectivity index (χ0v) is 72.9. The minimum absolute atomic E-state index is 0. The number of rotatable bonds is 25. The van der Waals surface area contributed by atoms with Crippen molar-refractivity contribution in [3.8, 4) is 59.2 Å². The highest BCUT2D eigenvalue weighted by molar-refractivity contribution is 7.81. The summed E-state index contributed by atoms with van der Waals surface area (Å²) in [5, 5.41) is 0. The van der Waals surface area contributed by atoms with Gasteiger partial charge in [0.2, 0.25) is 0 Å². The fourth-order valence-corrected chi connectivity index (χ4v) is 16.7. The molecule has 0 bridgehead atoms. The van der Waals surface area contributed by atoms with Gasteiger partial charge < -0.3 is 0 Å². The van der Waals surface area contributed by atoms with Gasteiger partial charge in [0.05, 0.1) is 0 Å². The van der Waals surface area contributed by atoms with Crippen LogP contribution >= 0.6 is 63.1 Å². The van der Waals surface area contributed by atoms with Crippen molar-refractivity contribution in [3.05, 3.63) is 149 Å². The molecule has 0 spiro atoms. The Morgan fingerprint density at radius 2 is 0.336 bits per heavy atom. The molecule has 110 heavy (non-hydrogen) atoms. The van der Waals surface area contributed by atoms with Gasteiger partial charge in [0.1, 0.15) is 0 Å². The molecule has 0 atom stereocenters. The maximum absolute atomic E-state index is 4.30. The first-order valence-electron chi connectivity index (χ1n) is 42.9. The Morgan fingerprint density at radius 3 is 0.464 bits per heavy atom. The molecule has 5 aliphatic carbocycles. The van der Waals surface area contributed by atoms with Crippen LogP contribution in [0, 0.1) is 118 Å². The molecule has 5 fully saturated rings. The average Bonchev–Trinajstić information content (AvgIpc) is 0.911. The van der Waals surface area contributed by atoms with Crippen molar-refractivity contribution < 1.29 is 23.5 Å². The molecular formula is C100H145F5S5. The molecule has 0 amide bonds. The summed E-state index contributed by atoms with van der Waals surface area (Å²) in [6, 6.07) is 40.8. The third-order valence-electron chi connectivity index (χ3n) is 23.0. The molecule has 5 saturated carbocycles. The van der Waals surface area contributed by atoms with Gasteiger partial charge in [0.15, 0.2) is 0 Å². The van der Waals surface area contributed by atoms with Crippen LogP contribution in [0.1, 0.15) is 351 Å². The summed E-state index contributed by atoms with van der Waals surface area (Å²) in [6.07, 6.45) is 62.2. The van der Waals surface area contributed by atoms with Gasteiger partial charge in [0.25, 0.3) is 0 Å². The summed E-state index contributed by atoms with van der Waals surface area (Å²) in [4.78, 5) is 5.02. The number of hydrogen-bond donors (Lipinski definition) is 5. The first-order valence-corrected chi connectivity index (χ1v) is 45.1. The van der Waals surface area contributed by atoms with Gasteiger partial charge in [-0.3, -0.25) is 23.5 Å². The highest BCUT2D eigenvalue weighted by Gasteiger charge is 2.24. The highest BCUT2D eigenvalue weighted by atomic mass is 32.1. The molecule has 0 radical (unpaired) electrons. The van der Waals surface area contributed by atoms with Gasteiger partial charge in [-0.2, -0.15) is 0 Å². The molecule has 0 nitrogen and oxygen atoms in total. The van der Waals surface area contributed by atoms with Crippen molar-refractivity contribution in [2.45, 2.75) is 348 Å². The molecule has 0 N–H and O–H groups in total. The monoisotopic (exact) mass is 1600 g/mol. The van der Waals surface area contributed by atoms with Gasteiger partial charge >= 0.3 is 0 Å². The van der Waals surface area contributed by atoms with Gasteiger partial charge in [-0.15, -0.1) is 63.1 Å². The molecule has 10 heteroatoms. The van der Waals surface area contributed by atoms with Crippen molar-refractivity contribution >= 4 is 63.1 Å². The predicted molar refractivity (Wildman–Crippen MR) is 486 cm³/mol.